The summed E-state index contributed by atoms with van der Waals surface area (Å²) in [6, 6.07) is 0. The molecule has 2 N–H and O–H groups in total. The highest BCUT2D eigenvalue weighted by atomic mass is 32.1. The molecule has 1 aliphatic rings. The zero-order chi connectivity index (χ0) is 9.97. The van der Waals surface area contributed by atoms with Crippen molar-refractivity contribution in [3.05, 3.63) is 16.1 Å². The van der Waals surface area contributed by atoms with Crippen LogP contribution < -0.4 is 10.6 Å². The first-order valence-electron chi connectivity index (χ1n) is 4.23. The van der Waals surface area contributed by atoms with Crippen LogP contribution in [0.4, 0.5) is 0 Å². The Morgan fingerprint density at radius 2 is 2.57 bits per heavy atom. The van der Waals surface area contributed by atoms with E-state index >= 15 is 0 Å². The molecule has 0 unspecified atom stereocenters. The Bertz CT molecular complexity index is 384. The van der Waals surface area contributed by atoms with Crippen LogP contribution in [0.3, 0.4) is 0 Å². The van der Waals surface area contributed by atoms with E-state index in [1.165, 1.54) is 0 Å². The molecule has 14 heavy (non-hydrogen) atoms. The molecule has 6 heteroatoms. The molecule has 0 atom stereocenters. The lowest BCUT2D eigenvalue weighted by molar-refractivity contribution is -0.117. The Balaban J connectivity index is 1.86. The van der Waals surface area contributed by atoms with Crippen molar-refractivity contribution in [1.82, 2.24) is 15.6 Å². The van der Waals surface area contributed by atoms with Gasteiger partial charge >= 0.3 is 0 Å². The second kappa shape index (κ2) is 3.75. The molecule has 2 heterocycles. The number of carbonyl (C=O) groups excluding carboxylic acids is 1. The van der Waals surface area contributed by atoms with Gasteiger partial charge in [-0.2, -0.15) is 0 Å². The normalized spacial score (nSPS) is 15.2. The maximum atomic E-state index is 10.8. The highest BCUT2D eigenvalue weighted by Crippen LogP contribution is 2.07. The molecule has 1 aliphatic heterocycles. The molecule has 1 amide bonds. The van der Waals surface area contributed by atoms with Crippen LogP contribution in [0.15, 0.2) is 10.4 Å². The van der Waals surface area contributed by atoms with E-state index in [-0.39, 0.29) is 12.5 Å². The molecule has 0 bridgehead atoms. The molecule has 74 valence electrons. The van der Waals surface area contributed by atoms with Crippen molar-refractivity contribution in [2.24, 2.45) is 4.99 Å². The minimum atomic E-state index is -0.0668. The van der Waals surface area contributed by atoms with Crippen molar-refractivity contribution < 1.29 is 4.79 Å². The van der Waals surface area contributed by atoms with E-state index in [0.29, 0.717) is 12.5 Å². The summed E-state index contributed by atoms with van der Waals surface area (Å²) in [7, 11) is 0. The fourth-order valence-corrected chi connectivity index (χ4v) is 1.82. The molecular formula is C8H10N4OS. The second-order valence-electron chi connectivity index (χ2n) is 2.95. The van der Waals surface area contributed by atoms with Crippen LogP contribution in [0.1, 0.15) is 10.7 Å². The van der Waals surface area contributed by atoms with Gasteiger partial charge in [0.25, 0.3) is 0 Å². The Labute approximate surface area is 85.3 Å². The van der Waals surface area contributed by atoms with Crippen LogP contribution in [0.2, 0.25) is 0 Å². The van der Waals surface area contributed by atoms with Gasteiger partial charge in [0.1, 0.15) is 11.6 Å². The summed E-state index contributed by atoms with van der Waals surface area (Å²) < 4.78 is 0. The van der Waals surface area contributed by atoms with Gasteiger partial charge in [0, 0.05) is 11.1 Å². The number of aryl methyl sites for hydroxylation is 1. The number of rotatable bonds is 2. The topological polar surface area (TPSA) is 66.4 Å². The first-order chi connectivity index (χ1) is 6.74. The van der Waals surface area contributed by atoms with Gasteiger partial charge in [0.2, 0.25) is 5.91 Å². The molecule has 5 nitrogen and oxygen atoms in total. The summed E-state index contributed by atoms with van der Waals surface area (Å²) in [5, 5.41) is 8.60. The van der Waals surface area contributed by atoms with Crippen LogP contribution in [-0.4, -0.2) is 23.4 Å². The van der Waals surface area contributed by atoms with Crippen molar-refractivity contribution in [3.8, 4) is 0 Å². The van der Waals surface area contributed by atoms with Gasteiger partial charge in [0.15, 0.2) is 5.96 Å². The number of amides is 1. The average Bonchev–Trinajstić information content (AvgIpc) is 2.72. The number of aliphatic imine (C=N–C) groups is 1. The summed E-state index contributed by atoms with van der Waals surface area (Å²) in [4.78, 5) is 19.0. The largest absolute Gasteiger partial charge is 0.350 e. The molecule has 0 spiro atoms. The number of thiazole rings is 1. The van der Waals surface area contributed by atoms with Gasteiger partial charge in [0.05, 0.1) is 6.54 Å². The molecule has 0 saturated heterocycles. The highest BCUT2D eigenvalue weighted by molar-refractivity contribution is 7.09. The van der Waals surface area contributed by atoms with Crippen LogP contribution in [0.5, 0.6) is 0 Å². The summed E-state index contributed by atoms with van der Waals surface area (Å²) in [5.74, 6) is 0.477. The standard InChI is InChI=1S/C8H10N4OS/c1-5-4-14-7(11-5)3-10-8-9-2-6(13)12-8/h4H,2-3H2,1H3,(H2,9,10,12,13). The number of carbonyl (C=O) groups is 1. The molecule has 2 rings (SSSR count). The maximum absolute atomic E-state index is 10.8. The lowest BCUT2D eigenvalue weighted by Crippen LogP contribution is -2.35. The number of aromatic nitrogens is 1. The van der Waals surface area contributed by atoms with E-state index in [9.17, 15) is 4.79 Å². The van der Waals surface area contributed by atoms with E-state index in [2.05, 4.69) is 20.6 Å². The van der Waals surface area contributed by atoms with E-state index in [0.717, 1.165) is 10.7 Å². The quantitative estimate of drug-likeness (QED) is 0.723. The Morgan fingerprint density at radius 1 is 1.71 bits per heavy atom. The first-order valence-corrected chi connectivity index (χ1v) is 5.11. The SMILES string of the molecule is Cc1csc(CNC2=NCC(=O)N2)n1. The summed E-state index contributed by atoms with van der Waals surface area (Å²) in [5.41, 5.74) is 1.02. The number of nitrogens with one attached hydrogen (secondary N) is 2. The number of hydrogen-bond donors (Lipinski definition) is 2. The molecular weight excluding hydrogens is 200 g/mol. The van der Waals surface area contributed by atoms with Gasteiger partial charge < -0.3 is 5.32 Å². The maximum Gasteiger partial charge on any atom is 0.248 e. The molecule has 0 aromatic carbocycles. The van der Waals surface area contributed by atoms with Crippen LogP contribution in [0, 0.1) is 6.92 Å². The molecule has 0 radical (unpaired) electrons. The summed E-state index contributed by atoms with van der Waals surface area (Å²) in [6.45, 7) is 2.78. The minimum Gasteiger partial charge on any atom is -0.350 e. The van der Waals surface area contributed by atoms with Crippen molar-refractivity contribution >= 4 is 23.2 Å². The lowest BCUT2D eigenvalue weighted by Gasteiger charge is -2.02. The minimum absolute atomic E-state index is 0.0668. The fraction of sp³-hybridized carbons (Fsp3) is 0.375. The third kappa shape index (κ3) is 2.08. The smallest absolute Gasteiger partial charge is 0.248 e. The van der Waals surface area contributed by atoms with Gasteiger partial charge in [-0.3, -0.25) is 10.1 Å². The summed E-state index contributed by atoms with van der Waals surface area (Å²) in [6.07, 6.45) is 0. The molecule has 1 aromatic heterocycles. The molecule has 0 aliphatic carbocycles. The third-order valence-electron chi connectivity index (χ3n) is 1.71. The second-order valence-corrected chi connectivity index (χ2v) is 3.89. The van der Waals surface area contributed by atoms with Gasteiger partial charge in [-0.05, 0) is 6.92 Å². The molecule has 0 saturated carbocycles. The van der Waals surface area contributed by atoms with Crippen molar-refractivity contribution in [3.63, 3.8) is 0 Å². The van der Waals surface area contributed by atoms with Crippen molar-refractivity contribution in [2.75, 3.05) is 6.54 Å². The van der Waals surface area contributed by atoms with Gasteiger partial charge in [-0.25, -0.2) is 9.98 Å². The molecule has 1 aromatic rings. The number of nitrogens with zero attached hydrogens (tertiary/aromatic N) is 2. The third-order valence-corrected chi connectivity index (χ3v) is 2.68. The molecule has 0 fully saturated rings. The predicted molar refractivity (Wildman–Crippen MR) is 54.1 cm³/mol. The Morgan fingerprint density at radius 3 is 3.14 bits per heavy atom. The Hall–Kier alpha value is -1.43. The van der Waals surface area contributed by atoms with Crippen LogP contribution in [0.25, 0.3) is 0 Å². The predicted octanol–water partition coefficient (Wildman–Crippen LogP) is 0.0269. The van der Waals surface area contributed by atoms with Gasteiger partial charge in [-0.1, -0.05) is 0 Å². The van der Waals surface area contributed by atoms with Crippen molar-refractivity contribution in [1.29, 1.82) is 0 Å². The van der Waals surface area contributed by atoms with E-state index in [1.807, 2.05) is 12.3 Å². The van der Waals surface area contributed by atoms with Crippen molar-refractivity contribution in [2.45, 2.75) is 13.5 Å². The zero-order valence-electron chi connectivity index (χ0n) is 7.70. The summed E-state index contributed by atoms with van der Waals surface area (Å²) >= 11 is 1.59. The average molecular weight is 210 g/mol. The number of hydrogen-bond acceptors (Lipinski definition) is 5. The van der Waals surface area contributed by atoms with Crippen LogP contribution in [-0.2, 0) is 11.3 Å². The van der Waals surface area contributed by atoms with E-state index in [4.69, 9.17) is 0 Å². The monoisotopic (exact) mass is 210 g/mol. The van der Waals surface area contributed by atoms with Gasteiger partial charge in [-0.15, -0.1) is 11.3 Å². The zero-order valence-corrected chi connectivity index (χ0v) is 8.52. The number of guanidine groups is 1. The van der Waals surface area contributed by atoms with E-state index < -0.39 is 0 Å². The van der Waals surface area contributed by atoms with Crippen LogP contribution >= 0.6 is 11.3 Å². The lowest BCUT2D eigenvalue weighted by atomic mass is 10.6. The first kappa shape index (κ1) is 9.14. The fourth-order valence-electron chi connectivity index (χ4n) is 1.11. The highest BCUT2D eigenvalue weighted by Gasteiger charge is 2.12. The van der Waals surface area contributed by atoms with E-state index in [1.54, 1.807) is 11.3 Å². The Kier molecular flexibility index (Phi) is 2.45.